The molecule has 2 fully saturated rings. The zero-order valence-corrected chi connectivity index (χ0v) is 16.5. The van der Waals surface area contributed by atoms with Crippen LogP contribution in [0.25, 0.3) is 0 Å². The molecule has 0 aliphatic carbocycles. The molecule has 3 rings (SSSR count). The van der Waals surface area contributed by atoms with Gasteiger partial charge in [-0.2, -0.15) is 0 Å². The van der Waals surface area contributed by atoms with Crippen molar-refractivity contribution in [1.82, 2.24) is 9.80 Å². The lowest BCUT2D eigenvalue weighted by Gasteiger charge is -2.37. The summed E-state index contributed by atoms with van der Waals surface area (Å²) in [5, 5.41) is 0. The Hall–Kier alpha value is -1.40. The quantitative estimate of drug-likeness (QED) is 0.762. The molecular weight excluding hydrogens is 348 g/mol. The van der Waals surface area contributed by atoms with E-state index in [1.165, 1.54) is 5.56 Å². The molecule has 0 spiro atoms. The lowest BCUT2D eigenvalue weighted by Crippen LogP contribution is -2.49. The molecule has 144 valence electrons. The van der Waals surface area contributed by atoms with Gasteiger partial charge < -0.3 is 4.90 Å². The summed E-state index contributed by atoms with van der Waals surface area (Å²) in [4.78, 5) is 17.4. The molecule has 0 saturated carbocycles. The van der Waals surface area contributed by atoms with Crippen LogP contribution < -0.4 is 0 Å². The number of sulfone groups is 1. The van der Waals surface area contributed by atoms with Crippen molar-refractivity contribution in [1.29, 1.82) is 0 Å². The molecule has 0 radical (unpaired) electrons. The van der Waals surface area contributed by atoms with Crippen LogP contribution in [0.5, 0.6) is 0 Å². The predicted octanol–water partition coefficient (Wildman–Crippen LogP) is 2.32. The maximum atomic E-state index is 13.2. The number of hydrogen-bond acceptors (Lipinski definition) is 4. The number of hydrogen-bond donors (Lipinski definition) is 0. The number of likely N-dealkylation sites (tertiary alicyclic amines) is 1. The van der Waals surface area contributed by atoms with Crippen LogP contribution in [0.4, 0.5) is 0 Å². The highest BCUT2D eigenvalue weighted by Crippen LogP contribution is 2.25. The smallest absolute Gasteiger partial charge is 0.227 e. The molecule has 2 saturated heterocycles. The molecule has 5 nitrogen and oxygen atoms in total. The van der Waals surface area contributed by atoms with E-state index in [0.717, 1.165) is 38.9 Å². The third kappa shape index (κ3) is 4.86. The van der Waals surface area contributed by atoms with Crippen molar-refractivity contribution < 1.29 is 13.2 Å². The molecule has 0 aromatic heterocycles. The summed E-state index contributed by atoms with van der Waals surface area (Å²) in [5.41, 5.74) is 1.27. The first-order valence-electron chi connectivity index (χ1n) is 9.75. The summed E-state index contributed by atoms with van der Waals surface area (Å²) in [6, 6.07) is 10.2. The van der Waals surface area contributed by atoms with E-state index >= 15 is 0 Å². The normalized spacial score (nSPS) is 25.9. The number of carbonyl (C=O) groups is 1. The topological polar surface area (TPSA) is 57.7 Å². The summed E-state index contributed by atoms with van der Waals surface area (Å²) in [5.74, 6) is 0.504. The summed E-state index contributed by atoms with van der Waals surface area (Å²) in [6.45, 7) is 5.37. The van der Waals surface area contributed by atoms with E-state index in [1.807, 2.05) is 30.0 Å². The SMILES string of the molecule is CCCN(C(=O)C1CCCN(Cc2ccccc2)C1)C1CCS(=O)(=O)C1. The summed E-state index contributed by atoms with van der Waals surface area (Å²) in [7, 11) is -2.98. The van der Waals surface area contributed by atoms with Gasteiger partial charge in [-0.1, -0.05) is 37.3 Å². The van der Waals surface area contributed by atoms with Crippen LogP contribution in [-0.2, 0) is 21.2 Å². The van der Waals surface area contributed by atoms with Gasteiger partial charge in [-0.3, -0.25) is 9.69 Å². The minimum Gasteiger partial charge on any atom is -0.338 e. The lowest BCUT2D eigenvalue weighted by atomic mass is 9.95. The number of amides is 1. The Kier molecular flexibility index (Phi) is 6.35. The molecule has 2 aliphatic rings. The molecule has 2 heterocycles. The van der Waals surface area contributed by atoms with Gasteiger partial charge in [0.25, 0.3) is 0 Å². The van der Waals surface area contributed by atoms with E-state index in [9.17, 15) is 13.2 Å². The highest BCUT2D eigenvalue weighted by molar-refractivity contribution is 7.91. The van der Waals surface area contributed by atoms with Gasteiger partial charge in [0.2, 0.25) is 5.91 Å². The minimum absolute atomic E-state index is 0.0117. The van der Waals surface area contributed by atoms with Gasteiger partial charge in [0.1, 0.15) is 0 Å². The van der Waals surface area contributed by atoms with E-state index < -0.39 is 9.84 Å². The Morgan fingerprint density at radius 1 is 1.23 bits per heavy atom. The van der Waals surface area contributed by atoms with Crippen LogP contribution in [0.15, 0.2) is 30.3 Å². The van der Waals surface area contributed by atoms with Gasteiger partial charge in [-0.15, -0.1) is 0 Å². The van der Waals surface area contributed by atoms with Crippen molar-refractivity contribution >= 4 is 15.7 Å². The maximum absolute atomic E-state index is 13.2. The lowest BCUT2D eigenvalue weighted by molar-refractivity contribution is -0.139. The number of nitrogens with zero attached hydrogens (tertiary/aromatic N) is 2. The largest absolute Gasteiger partial charge is 0.338 e. The Labute approximate surface area is 157 Å². The van der Waals surface area contributed by atoms with Crippen LogP contribution in [0.3, 0.4) is 0 Å². The van der Waals surface area contributed by atoms with Crippen molar-refractivity contribution in [3.8, 4) is 0 Å². The van der Waals surface area contributed by atoms with E-state index in [0.29, 0.717) is 13.0 Å². The van der Waals surface area contributed by atoms with Gasteiger partial charge in [-0.25, -0.2) is 8.42 Å². The first kappa shape index (κ1) is 19.4. The zero-order chi connectivity index (χ0) is 18.6. The highest BCUT2D eigenvalue weighted by Gasteiger charge is 2.37. The number of piperidine rings is 1. The molecule has 1 amide bonds. The first-order valence-corrected chi connectivity index (χ1v) is 11.6. The van der Waals surface area contributed by atoms with Crippen molar-refractivity contribution in [3.63, 3.8) is 0 Å². The summed E-state index contributed by atoms with van der Waals surface area (Å²) >= 11 is 0. The van der Waals surface area contributed by atoms with E-state index in [2.05, 4.69) is 17.0 Å². The molecule has 26 heavy (non-hydrogen) atoms. The van der Waals surface area contributed by atoms with E-state index in [-0.39, 0.29) is 29.4 Å². The maximum Gasteiger partial charge on any atom is 0.227 e. The molecule has 0 bridgehead atoms. The molecule has 2 unspecified atom stereocenters. The Morgan fingerprint density at radius 2 is 2.00 bits per heavy atom. The monoisotopic (exact) mass is 378 g/mol. The van der Waals surface area contributed by atoms with Crippen LogP contribution in [0, 0.1) is 5.92 Å². The number of carbonyl (C=O) groups excluding carboxylic acids is 1. The third-order valence-corrected chi connectivity index (χ3v) is 7.25. The summed E-state index contributed by atoms with van der Waals surface area (Å²) < 4.78 is 23.7. The minimum atomic E-state index is -2.98. The average Bonchev–Trinajstić information content (AvgIpc) is 3.00. The van der Waals surface area contributed by atoms with Gasteiger partial charge in [0.05, 0.1) is 17.4 Å². The molecule has 1 aromatic rings. The fourth-order valence-corrected chi connectivity index (χ4v) is 5.94. The van der Waals surface area contributed by atoms with Gasteiger partial charge >= 0.3 is 0 Å². The zero-order valence-electron chi connectivity index (χ0n) is 15.6. The molecule has 1 aromatic carbocycles. The number of benzene rings is 1. The standard InChI is InChI=1S/C20H30N2O3S/c1-2-11-22(19-10-13-26(24,25)16-19)20(23)18-9-6-12-21(15-18)14-17-7-4-3-5-8-17/h3-5,7-8,18-19H,2,6,9-16H2,1H3. The second-order valence-corrected chi connectivity index (χ2v) is 9.88. The van der Waals surface area contributed by atoms with Crippen molar-refractivity contribution in [3.05, 3.63) is 35.9 Å². The van der Waals surface area contributed by atoms with Gasteiger partial charge in [0.15, 0.2) is 9.84 Å². The molecule has 0 N–H and O–H groups in total. The Bertz CT molecular complexity index is 705. The predicted molar refractivity (Wildman–Crippen MR) is 104 cm³/mol. The van der Waals surface area contributed by atoms with E-state index in [1.54, 1.807) is 0 Å². The molecule has 2 aliphatic heterocycles. The second kappa shape index (κ2) is 8.53. The van der Waals surface area contributed by atoms with Crippen molar-refractivity contribution in [2.24, 2.45) is 5.92 Å². The molecule has 2 atom stereocenters. The van der Waals surface area contributed by atoms with Crippen LogP contribution in [0.2, 0.25) is 0 Å². The molecule has 6 heteroatoms. The Balaban J connectivity index is 1.64. The van der Waals surface area contributed by atoms with Crippen LogP contribution in [0.1, 0.15) is 38.2 Å². The Morgan fingerprint density at radius 3 is 2.65 bits per heavy atom. The summed E-state index contributed by atoms with van der Waals surface area (Å²) in [6.07, 6.45) is 3.38. The van der Waals surface area contributed by atoms with Gasteiger partial charge in [0, 0.05) is 25.7 Å². The molecular formula is C20H30N2O3S. The first-order chi connectivity index (χ1) is 12.5. The number of rotatable bonds is 6. The second-order valence-electron chi connectivity index (χ2n) is 7.65. The van der Waals surface area contributed by atoms with Crippen LogP contribution in [-0.4, -0.2) is 61.3 Å². The average molecular weight is 379 g/mol. The van der Waals surface area contributed by atoms with E-state index in [4.69, 9.17) is 0 Å². The third-order valence-electron chi connectivity index (χ3n) is 5.50. The van der Waals surface area contributed by atoms with Crippen molar-refractivity contribution in [2.75, 3.05) is 31.1 Å². The fourth-order valence-electron chi connectivity index (χ4n) is 4.21. The van der Waals surface area contributed by atoms with Crippen LogP contribution >= 0.6 is 0 Å². The highest BCUT2D eigenvalue weighted by atomic mass is 32.2. The fraction of sp³-hybridized carbons (Fsp3) is 0.650. The van der Waals surface area contributed by atoms with Gasteiger partial charge in [-0.05, 0) is 37.8 Å². The van der Waals surface area contributed by atoms with Crippen molar-refractivity contribution in [2.45, 2.75) is 45.2 Å².